The van der Waals surface area contributed by atoms with Crippen molar-refractivity contribution in [2.24, 2.45) is 0 Å². The maximum atomic E-state index is 12.6. The topological polar surface area (TPSA) is 79.4 Å². The predicted octanol–water partition coefficient (Wildman–Crippen LogP) is 2.18. The summed E-state index contributed by atoms with van der Waals surface area (Å²) >= 11 is 0. The summed E-state index contributed by atoms with van der Waals surface area (Å²) in [4.78, 5) is 17.2. The molecule has 22 heavy (non-hydrogen) atoms. The third-order valence-corrected chi connectivity index (χ3v) is 4.40. The zero-order valence-electron chi connectivity index (χ0n) is 13.0. The van der Waals surface area contributed by atoms with E-state index in [-0.39, 0.29) is 11.5 Å². The number of rotatable bonds is 3. The van der Waals surface area contributed by atoms with E-state index in [1.165, 1.54) is 18.2 Å². The standard InChI is InChI=1S/C16H21N3O3/c1-21-13-8-11-12(9-14(13)22-2)18-15(19(17)16(11)20)10-6-4-3-5-7-10/h8-10H,3-7,17H2,1-2H3. The molecule has 1 heterocycles. The monoisotopic (exact) mass is 303 g/mol. The Hall–Kier alpha value is -2.24. The van der Waals surface area contributed by atoms with Gasteiger partial charge in [0.25, 0.3) is 5.56 Å². The summed E-state index contributed by atoms with van der Waals surface area (Å²) in [6.45, 7) is 0. The first-order chi connectivity index (χ1) is 10.7. The van der Waals surface area contributed by atoms with Gasteiger partial charge in [0.1, 0.15) is 5.82 Å². The highest BCUT2D eigenvalue weighted by Gasteiger charge is 2.22. The summed E-state index contributed by atoms with van der Waals surface area (Å²) in [6, 6.07) is 3.37. The first kappa shape index (κ1) is 14.7. The van der Waals surface area contributed by atoms with Crippen LogP contribution in [0, 0.1) is 0 Å². The second-order valence-corrected chi connectivity index (χ2v) is 5.70. The minimum atomic E-state index is -0.244. The molecule has 2 N–H and O–H groups in total. The Morgan fingerprint density at radius 3 is 2.41 bits per heavy atom. The molecule has 0 radical (unpaired) electrons. The van der Waals surface area contributed by atoms with Gasteiger partial charge in [-0.2, -0.15) is 0 Å². The van der Waals surface area contributed by atoms with E-state index in [0.29, 0.717) is 28.2 Å². The largest absolute Gasteiger partial charge is 0.493 e. The molecule has 0 atom stereocenters. The molecule has 118 valence electrons. The van der Waals surface area contributed by atoms with Crippen molar-refractivity contribution in [2.75, 3.05) is 20.1 Å². The predicted molar refractivity (Wildman–Crippen MR) is 85.1 cm³/mol. The van der Waals surface area contributed by atoms with Crippen LogP contribution in [-0.4, -0.2) is 23.9 Å². The third-order valence-electron chi connectivity index (χ3n) is 4.40. The van der Waals surface area contributed by atoms with E-state index < -0.39 is 0 Å². The van der Waals surface area contributed by atoms with E-state index in [2.05, 4.69) is 4.98 Å². The maximum Gasteiger partial charge on any atom is 0.279 e. The Bertz CT molecular complexity index is 748. The van der Waals surface area contributed by atoms with Gasteiger partial charge in [-0.1, -0.05) is 19.3 Å². The number of nitrogens with zero attached hydrogens (tertiary/aromatic N) is 2. The van der Waals surface area contributed by atoms with Crippen molar-refractivity contribution in [2.45, 2.75) is 38.0 Å². The molecule has 1 saturated carbocycles. The molecule has 3 rings (SSSR count). The molecule has 0 bridgehead atoms. The summed E-state index contributed by atoms with van der Waals surface area (Å²) in [6.07, 6.45) is 5.61. The number of aromatic nitrogens is 2. The fourth-order valence-electron chi connectivity index (χ4n) is 3.19. The summed E-state index contributed by atoms with van der Waals surface area (Å²) in [5.74, 6) is 8.00. The number of nitrogen functional groups attached to an aromatic ring is 1. The van der Waals surface area contributed by atoms with Gasteiger partial charge in [-0.15, -0.1) is 0 Å². The molecule has 2 aromatic rings. The molecule has 1 fully saturated rings. The molecule has 1 aromatic carbocycles. The van der Waals surface area contributed by atoms with Gasteiger partial charge in [0.2, 0.25) is 0 Å². The minimum absolute atomic E-state index is 0.244. The van der Waals surface area contributed by atoms with Gasteiger partial charge >= 0.3 is 0 Å². The average molecular weight is 303 g/mol. The van der Waals surface area contributed by atoms with Crippen molar-refractivity contribution in [1.82, 2.24) is 9.66 Å². The molecule has 0 saturated heterocycles. The fourth-order valence-corrected chi connectivity index (χ4v) is 3.19. The molecule has 0 aliphatic heterocycles. The molecule has 0 spiro atoms. The van der Waals surface area contributed by atoms with Crippen molar-refractivity contribution in [1.29, 1.82) is 0 Å². The number of hydrogen-bond donors (Lipinski definition) is 1. The zero-order chi connectivity index (χ0) is 15.7. The Morgan fingerprint density at radius 1 is 1.14 bits per heavy atom. The van der Waals surface area contributed by atoms with Crippen LogP contribution in [-0.2, 0) is 0 Å². The molecule has 1 aromatic heterocycles. The van der Waals surface area contributed by atoms with Gasteiger partial charge in [-0.25, -0.2) is 9.66 Å². The van der Waals surface area contributed by atoms with Crippen molar-refractivity contribution in [3.63, 3.8) is 0 Å². The van der Waals surface area contributed by atoms with Crippen LogP contribution in [0.5, 0.6) is 11.5 Å². The van der Waals surface area contributed by atoms with Gasteiger partial charge < -0.3 is 15.3 Å². The number of benzene rings is 1. The van der Waals surface area contributed by atoms with Crippen LogP contribution in [0.25, 0.3) is 10.9 Å². The Kier molecular flexibility index (Phi) is 3.92. The average Bonchev–Trinajstić information content (AvgIpc) is 2.57. The number of nitrogens with two attached hydrogens (primary N) is 1. The van der Waals surface area contributed by atoms with Crippen LogP contribution in [0.2, 0.25) is 0 Å². The lowest BCUT2D eigenvalue weighted by Gasteiger charge is -2.23. The Balaban J connectivity index is 2.19. The van der Waals surface area contributed by atoms with Crippen molar-refractivity contribution in [3.05, 3.63) is 28.3 Å². The first-order valence-electron chi connectivity index (χ1n) is 7.59. The summed E-state index contributed by atoms with van der Waals surface area (Å²) in [5, 5.41) is 0.444. The lowest BCUT2D eigenvalue weighted by molar-refractivity contribution is 0.355. The van der Waals surface area contributed by atoms with Crippen molar-refractivity contribution < 1.29 is 9.47 Å². The van der Waals surface area contributed by atoms with E-state index >= 15 is 0 Å². The zero-order valence-corrected chi connectivity index (χ0v) is 13.0. The summed E-state index contributed by atoms with van der Waals surface area (Å²) in [5.41, 5.74) is 0.358. The third kappa shape index (κ3) is 2.38. The lowest BCUT2D eigenvalue weighted by atomic mass is 9.88. The number of hydrogen-bond acceptors (Lipinski definition) is 5. The van der Waals surface area contributed by atoms with Gasteiger partial charge in [-0.05, 0) is 18.9 Å². The van der Waals surface area contributed by atoms with Gasteiger partial charge in [0.05, 0.1) is 25.1 Å². The maximum absolute atomic E-state index is 12.6. The Labute approximate surface area is 128 Å². The van der Waals surface area contributed by atoms with Crippen LogP contribution in [0.15, 0.2) is 16.9 Å². The number of ether oxygens (including phenoxy) is 2. The second kappa shape index (κ2) is 5.87. The highest BCUT2D eigenvalue weighted by atomic mass is 16.5. The van der Waals surface area contributed by atoms with E-state index in [9.17, 15) is 4.79 Å². The van der Waals surface area contributed by atoms with Crippen LogP contribution in [0.1, 0.15) is 43.8 Å². The fraction of sp³-hybridized carbons (Fsp3) is 0.500. The first-order valence-corrected chi connectivity index (χ1v) is 7.59. The van der Waals surface area contributed by atoms with Gasteiger partial charge in [0, 0.05) is 12.0 Å². The SMILES string of the molecule is COc1cc2nc(C3CCCCC3)n(N)c(=O)c2cc1OC. The molecule has 6 heteroatoms. The van der Waals surface area contributed by atoms with E-state index in [4.69, 9.17) is 15.3 Å². The highest BCUT2D eigenvalue weighted by Crippen LogP contribution is 2.33. The summed E-state index contributed by atoms with van der Waals surface area (Å²) in [7, 11) is 3.10. The van der Waals surface area contributed by atoms with E-state index in [0.717, 1.165) is 25.7 Å². The van der Waals surface area contributed by atoms with Crippen molar-refractivity contribution >= 4 is 10.9 Å². The molecular weight excluding hydrogens is 282 g/mol. The van der Waals surface area contributed by atoms with Crippen LogP contribution in [0.3, 0.4) is 0 Å². The van der Waals surface area contributed by atoms with E-state index in [1.807, 2.05) is 0 Å². The number of fused-ring (bicyclic) bond motifs is 1. The Morgan fingerprint density at radius 2 is 1.77 bits per heavy atom. The van der Waals surface area contributed by atoms with Crippen molar-refractivity contribution in [3.8, 4) is 11.5 Å². The van der Waals surface area contributed by atoms with Gasteiger partial charge in [-0.3, -0.25) is 4.79 Å². The lowest BCUT2D eigenvalue weighted by Crippen LogP contribution is -2.33. The molecule has 0 unspecified atom stereocenters. The number of methoxy groups -OCH3 is 2. The molecule has 0 amide bonds. The molecule has 1 aliphatic carbocycles. The minimum Gasteiger partial charge on any atom is -0.493 e. The van der Waals surface area contributed by atoms with Crippen LogP contribution >= 0.6 is 0 Å². The highest BCUT2D eigenvalue weighted by molar-refractivity contribution is 5.82. The molecule has 6 nitrogen and oxygen atoms in total. The molecular formula is C16H21N3O3. The smallest absolute Gasteiger partial charge is 0.279 e. The van der Waals surface area contributed by atoms with E-state index in [1.54, 1.807) is 19.2 Å². The van der Waals surface area contributed by atoms with Crippen LogP contribution < -0.4 is 20.9 Å². The second-order valence-electron chi connectivity index (χ2n) is 5.70. The summed E-state index contributed by atoms with van der Waals surface area (Å²) < 4.78 is 11.7. The normalized spacial score (nSPS) is 15.9. The molecule has 1 aliphatic rings. The quantitative estimate of drug-likeness (QED) is 0.879. The van der Waals surface area contributed by atoms with Crippen LogP contribution in [0.4, 0.5) is 0 Å². The van der Waals surface area contributed by atoms with Gasteiger partial charge in [0.15, 0.2) is 11.5 Å².